The zero-order valence-corrected chi connectivity index (χ0v) is 15.7. The average molecular weight is 390 g/mol. The molecule has 2 aromatic rings. The predicted molar refractivity (Wildman–Crippen MR) is 97.4 cm³/mol. The Labute approximate surface area is 156 Å². The summed E-state index contributed by atoms with van der Waals surface area (Å²) in [5, 5.41) is 2.60. The van der Waals surface area contributed by atoms with Crippen LogP contribution in [-0.2, 0) is 14.8 Å². The lowest BCUT2D eigenvalue weighted by atomic mass is 10.2. The van der Waals surface area contributed by atoms with Crippen LogP contribution >= 0.6 is 0 Å². The molecule has 2 amide bonds. The zero-order chi connectivity index (χ0) is 19.8. The fourth-order valence-electron chi connectivity index (χ4n) is 2.83. The van der Waals surface area contributed by atoms with E-state index in [4.69, 9.17) is 9.47 Å². The minimum Gasteiger partial charge on any atom is -0.497 e. The minimum absolute atomic E-state index is 0.0548. The third kappa shape index (κ3) is 3.10. The van der Waals surface area contributed by atoms with Crippen molar-refractivity contribution in [2.45, 2.75) is 17.9 Å². The monoisotopic (exact) mass is 390 g/mol. The molecule has 0 saturated carbocycles. The van der Waals surface area contributed by atoms with E-state index in [-0.39, 0.29) is 10.5 Å². The molecule has 0 saturated heterocycles. The maximum atomic E-state index is 12.7. The van der Waals surface area contributed by atoms with E-state index in [1.807, 2.05) is 0 Å². The van der Waals surface area contributed by atoms with Gasteiger partial charge < -0.3 is 14.8 Å². The second-order valence-corrected chi connectivity index (χ2v) is 7.62. The van der Waals surface area contributed by atoms with Gasteiger partial charge in [0.05, 0.1) is 25.5 Å². The molecule has 3 rings (SSSR count). The van der Waals surface area contributed by atoms with Crippen LogP contribution in [0.5, 0.6) is 11.5 Å². The largest absolute Gasteiger partial charge is 0.497 e. The van der Waals surface area contributed by atoms with E-state index < -0.39 is 27.9 Å². The van der Waals surface area contributed by atoms with E-state index in [0.29, 0.717) is 21.5 Å². The van der Waals surface area contributed by atoms with Crippen LogP contribution in [0.3, 0.4) is 0 Å². The maximum absolute atomic E-state index is 12.7. The average Bonchev–Trinajstić information content (AvgIpc) is 2.87. The molecule has 8 nitrogen and oxygen atoms in total. The van der Waals surface area contributed by atoms with Crippen LogP contribution < -0.4 is 14.8 Å². The van der Waals surface area contributed by atoms with Gasteiger partial charge in [-0.2, -0.15) is 0 Å². The molecule has 2 aromatic carbocycles. The molecule has 0 bridgehead atoms. The highest BCUT2D eigenvalue weighted by molar-refractivity contribution is 7.90. The fraction of sp³-hybridized carbons (Fsp3) is 0.222. The number of fused-ring (bicyclic) bond motifs is 1. The number of benzene rings is 2. The summed E-state index contributed by atoms with van der Waals surface area (Å²) in [6.07, 6.45) is 0. The van der Waals surface area contributed by atoms with E-state index >= 15 is 0 Å². The number of anilines is 1. The van der Waals surface area contributed by atoms with Crippen LogP contribution in [0.4, 0.5) is 5.69 Å². The third-order valence-electron chi connectivity index (χ3n) is 4.25. The summed E-state index contributed by atoms with van der Waals surface area (Å²) < 4.78 is 36.3. The van der Waals surface area contributed by atoms with Crippen molar-refractivity contribution < 1.29 is 27.5 Å². The number of carbonyl (C=O) groups excluding carboxylic acids is 2. The summed E-state index contributed by atoms with van der Waals surface area (Å²) in [5.41, 5.74) is 0.385. The standard InChI is InChI=1S/C18H18N2O6S/c1-11(17(21)19-14-9-8-12(25-2)10-15(14)26-3)20-18(22)13-6-4-5-7-16(13)27(20,23)24/h4-11H,1-3H3,(H,19,21)/t11-/m0/s1. The molecule has 0 aromatic heterocycles. The molecule has 1 atom stereocenters. The molecule has 0 aliphatic carbocycles. The second-order valence-electron chi connectivity index (χ2n) is 5.83. The summed E-state index contributed by atoms with van der Waals surface area (Å²) in [6.45, 7) is 1.35. The SMILES string of the molecule is COc1ccc(NC(=O)[C@H](C)N2C(=O)c3ccccc3S2(=O)=O)c(OC)c1. The first-order valence-electron chi connectivity index (χ1n) is 8.02. The first-order chi connectivity index (χ1) is 12.8. The Hall–Kier alpha value is -3.07. The minimum atomic E-state index is -4.09. The number of rotatable bonds is 5. The highest BCUT2D eigenvalue weighted by atomic mass is 32.2. The van der Waals surface area contributed by atoms with Gasteiger partial charge in [0.25, 0.3) is 15.9 Å². The first-order valence-corrected chi connectivity index (χ1v) is 9.46. The number of nitrogens with zero attached hydrogens (tertiary/aromatic N) is 1. The van der Waals surface area contributed by atoms with Gasteiger partial charge in [-0.3, -0.25) is 9.59 Å². The van der Waals surface area contributed by atoms with Gasteiger partial charge in [0, 0.05) is 6.07 Å². The van der Waals surface area contributed by atoms with Crippen molar-refractivity contribution in [1.82, 2.24) is 4.31 Å². The third-order valence-corrected chi connectivity index (χ3v) is 6.16. The van der Waals surface area contributed by atoms with Crippen LogP contribution in [0.2, 0.25) is 0 Å². The van der Waals surface area contributed by atoms with Crippen molar-refractivity contribution in [3.8, 4) is 11.5 Å². The molecule has 1 aliphatic rings. The lowest BCUT2D eigenvalue weighted by Crippen LogP contribution is -2.45. The number of hydrogen-bond donors (Lipinski definition) is 1. The van der Waals surface area contributed by atoms with E-state index in [1.165, 1.54) is 39.3 Å². The van der Waals surface area contributed by atoms with Crippen LogP contribution in [0.25, 0.3) is 0 Å². The van der Waals surface area contributed by atoms with Crippen molar-refractivity contribution in [2.75, 3.05) is 19.5 Å². The lowest BCUT2D eigenvalue weighted by Gasteiger charge is -2.23. The van der Waals surface area contributed by atoms with Gasteiger partial charge in [-0.15, -0.1) is 0 Å². The Morgan fingerprint density at radius 3 is 2.44 bits per heavy atom. The molecule has 0 radical (unpaired) electrons. The molecular weight excluding hydrogens is 372 g/mol. The lowest BCUT2D eigenvalue weighted by molar-refractivity contribution is -0.118. The number of carbonyl (C=O) groups is 2. The molecule has 1 aliphatic heterocycles. The Balaban J connectivity index is 1.88. The topological polar surface area (TPSA) is 102 Å². The molecule has 1 N–H and O–H groups in total. The number of ether oxygens (including phenoxy) is 2. The van der Waals surface area contributed by atoms with Gasteiger partial charge >= 0.3 is 0 Å². The van der Waals surface area contributed by atoms with Gasteiger partial charge in [-0.1, -0.05) is 12.1 Å². The Bertz CT molecular complexity index is 1020. The Morgan fingerprint density at radius 1 is 1.11 bits per heavy atom. The highest BCUT2D eigenvalue weighted by Crippen LogP contribution is 2.33. The van der Waals surface area contributed by atoms with Crippen molar-refractivity contribution in [1.29, 1.82) is 0 Å². The van der Waals surface area contributed by atoms with Gasteiger partial charge in [-0.25, -0.2) is 12.7 Å². The van der Waals surface area contributed by atoms with Crippen LogP contribution in [-0.4, -0.2) is 44.8 Å². The van der Waals surface area contributed by atoms with Gasteiger partial charge in [0.15, 0.2) is 0 Å². The van der Waals surface area contributed by atoms with Crippen molar-refractivity contribution in [2.24, 2.45) is 0 Å². The van der Waals surface area contributed by atoms with Gasteiger partial charge in [-0.05, 0) is 31.2 Å². The number of sulfonamides is 1. The summed E-state index contributed by atoms with van der Waals surface area (Å²) in [7, 11) is -1.16. The first kappa shape index (κ1) is 18.7. The summed E-state index contributed by atoms with van der Waals surface area (Å²) in [6, 6.07) is 9.39. The number of amides is 2. The molecule has 1 heterocycles. The zero-order valence-electron chi connectivity index (χ0n) is 14.9. The molecule has 9 heteroatoms. The molecule has 142 valence electrons. The number of hydrogen-bond acceptors (Lipinski definition) is 6. The number of methoxy groups -OCH3 is 2. The quantitative estimate of drug-likeness (QED) is 0.836. The van der Waals surface area contributed by atoms with E-state index in [0.717, 1.165) is 0 Å². The smallest absolute Gasteiger partial charge is 0.269 e. The predicted octanol–water partition coefficient (Wildman–Crippen LogP) is 1.88. The van der Waals surface area contributed by atoms with Crippen molar-refractivity contribution in [3.05, 3.63) is 48.0 Å². The second kappa shape index (κ2) is 6.92. The molecule has 27 heavy (non-hydrogen) atoms. The molecule has 0 fully saturated rings. The number of nitrogens with one attached hydrogen (secondary N) is 1. The molecular formula is C18H18N2O6S. The van der Waals surface area contributed by atoms with E-state index in [2.05, 4.69) is 5.32 Å². The molecule has 0 unspecified atom stereocenters. The van der Waals surface area contributed by atoms with Gasteiger partial charge in [0.2, 0.25) is 5.91 Å². The highest BCUT2D eigenvalue weighted by Gasteiger charge is 2.45. The maximum Gasteiger partial charge on any atom is 0.269 e. The summed E-state index contributed by atoms with van der Waals surface area (Å²) in [4.78, 5) is 25.1. The Morgan fingerprint density at radius 2 is 1.81 bits per heavy atom. The van der Waals surface area contributed by atoms with Gasteiger partial charge in [0.1, 0.15) is 22.4 Å². The van der Waals surface area contributed by atoms with Crippen molar-refractivity contribution in [3.63, 3.8) is 0 Å². The van der Waals surface area contributed by atoms with Crippen LogP contribution in [0.15, 0.2) is 47.4 Å². The molecule has 0 spiro atoms. The summed E-state index contributed by atoms with van der Waals surface area (Å²) in [5.74, 6) is -0.516. The van der Waals surface area contributed by atoms with E-state index in [9.17, 15) is 18.0 Å². The van der Waals surface area contributed by atoms with Crippen molar-refractivity contribution >= 4 is 27.5 Å². The van der Waals surface area contributed by atoms with Crippen LogP contribution in [0, 0.1) is 0 Å². The Kier molecular flexibility index (Phi) is 4.79. The van der Waals surface area contributed by atoms with E-state index in [1.54, 1.807) is 24.3 Å². The van der Waals surface area contributed by atoms with Crippen LogP contribution in [0.1, 0.15) is 17.3 Å². The fourth-order valence-corrected chi connectivity index (χ4v) is 4.56. The normalized spacial score (nSPS) is 15.8. The summed E-state index contributed by atoms with van der Waals surface area (Å²) >= 11 is 0.